The van der Waals surface area contributed by atoms with Crippen molar-refractivity contribution in [3.05, 3.63) is 27.0 Å². The fourth-order valence-electron chi connectivity index (χ4n) is 1.62. The summed E-state index contributed by atoms with van der Waals surface area (Å²) < 4.78 is 1.14. The Morgan fingerprint density at radius 2 is 2.18 bits per heavy atom. The second kappa shape index (κ2) is 5.18. The van der Waals surface area contributed by atoms with E-state index in [1.54, 1.807) is 22.7 Å². The number of aromatic nitrogens is 1. The van der Waals surface area contributed by atoms with Crippen LogP contribution in [0, 0.1) is 0 Å². The number of hydrogen-bond acceptors (Lipinski definition) is 4. The molecule has 0 aliphatic carbocycles. The summed E-state index contributed by atoms with van der Waals surface area (Å²) in [4.78, 5) is 5.96. The molecular weight excluding hydrogens is 316 g/mol. The van der Waals surface area contributed by atoms with Gasteiger partial charge < -0.3 is 5.73 Å². The van der Waals surface area contributed by atoms with E-state index in [-0.39, 0.29) is 5.41 Å². The van der Waals surface area contributed by atoms with Crippen LogP contribution in [0.5, 0.6) is 0 Å². The lowest BCUT2D eigenvalue weighted by molar-refractivity contribution is 0.476. The van der Waals surface area contributed by atoms with Gasteiger partial charge in [0.15, 0.2) is 0 Å². The Morgan fingerprint density at radius 1 is 1.41 bits per heavy atom. The van der Waals surface area contributed by atoms with E-state index in [0.29, 0.717) is 6.54 Å². The minimum atomic E-state index is 0.0675. The number of rotatable bonds is 4. The summed E-state index contributed by atoms with van der Waals surface area (Å²) in [6.07, 6.45) is 0.963. The molecule has 0 bridgehead atoms. The topological polar surface area (TPSA) is 38.9 Å². The van der Waals surface area contributed by atoms with Gasteiger partial charge in [0.2, 0.25) is 0 Å². The number of hydrogen-bond donors (Lipinski definition) is 1. The van der Waals surface area contributed by atoms with Gasteiger partial charge in [-0.2, -0.15) is 0 Å². The van der Waals surface area contributed by atoms with Gasteiger partial charge in [-0.3, -0.25) is 0 Å². The molecule has 0 atom stereocenters. The van der Waals surface area contributed by atoms with Gasteiger partial charge in [-0.1, -0.05) is 13.8 Å². The number of thiophene rings is 1. The van der Waals surface area contributed by atoms with Crippen molar-refractivity contribution in [1.29, 1.82) is 0 Å². The first-order chi connectivity index (χ1) is 8.03. The molecule has 0 amide bonds. The molecule has 5 heteroatoms. The second-order valence-corrected chi connectivity index (χ2v) is 7.89. The standard InChI is InChI=1S/C12H15BrN2S2/c1-12(2,5-6-14)9-7-16-11(15-9)8-3-4-10(13)17-8/h3-4,7H,5-6,14H2,1-2H3. The predicted octanol–water partition coefficient (Wildman–Crippen LogP) is 4.26. The van der Waals surface area contributed by atoms with Crippen LogP contribution in [0.25, 0.3) is 9.88 Å². The van der Waals surface area contributed by atoms with Gasteiger partial charge in [0.25, 0.3) is 0 Å². The van der Waals surface area contributed by atoms with E-state index in [2.05, 4.69) is 47.3 Å². The van der Waals surface area contributed by atoms with Crippen molar-refractivity contribution < 1.29 is 0 Å². The highest BCUT2D eigenvalue weighted by molar-refractivity contribution is 9.11. The van der Waals surface area contributed by atoms with Crippen LogP contribution in [0.15, 0.2) is 21.3 Å². The van der Waals surface area contributed by atoms with E-state index < -0.39 is 0 Å². The maximum Gasteiger partial charge on any atom is 0.133 e. The number of nitrogens with two attached hydrogens (primary N) is 1. The average molecular weight is 331 g/mol. The summed E-state index contributed by atoms with van der Waals surface area (Å²) in [7, 11) is 0. The highest BCUT2D eigenvalue weighted by atomic mass is 79.9. The molecular formula is C12H15BrN2S2. The van der Waals surface area contributed by atoms with Crippen LogP contribution >= 0.6 is 38.6 Å². The molecule has 0 unspecified atom stereocenters. The number of halogens is 1. The molecule has 2 N–H and O–H groups in total. The van der Waals surface area contributed by atoms with Crippen LogP contribution < -0.4 is 5.73 Å². The number of thiazole rings is 1. The molecule has 17 heavy (non-hydrogen) atoms. The maximum absolute atomic E-state index is 5.64. The Kier molecular flexibility index (Phi) is 4.02. The minimum Gasteiger partial charge on any atom is -0.330 e. The third-order valence-electron chi connectivity index (χ3n) is 2.75. The monoisotopic (exact) mass is 330 g/mol. The molecule has 2 nitrogen and oxygen atoms in total. The minimum absolute atomic E-state index is 0.0675. The zero-order valence-electron chi connectivity index (χ0n) is 9.87. The smallest absolute Gasteiger partial charge is 0.133 e. The molecule has 0 fully saturated rings. The van der Waals surface area contributed by atoms with Crippen LogP contribution in [-0.2, 0) is 5.41 Å². The average Bonchev–Trinajstić information content (AvgIpc) is 2.85. The fourth-order valence-corrected chi connectivity index (χ4v) is 4.09. The Labute approximate surface area is 118 Å². The Morgan fingerprint density at radius 3 is 2.76 bits per heavy atom. The van der Waals surface area contributed by atoms with Crippen molar-refractivity contribution >= 4 is 38.6 Å². The molecule has 2 heterocycles. The van der Waals surface area contributed by atoms with Gasteiger partial charge in [-0.05, 0) is 41.0 Å². The van der Waals surface area contributed by atoms with Crippen molar-refractivity contribution in [1.82, 2.24) is 4.98 Å². The van der Waals surface area contributed by atoms with Crippen LogP contribution in [-0.4, -0.2) is 11.5 Å². The first kappa shape index (κ1) is 13.2. The Bertz CT molecular complexity index is 502. The molecule has 0 radical (unpaired) electrons. The Balaban J connectivity index is 2.27. The van der Waals surface area contributed by atoms with Gasteiger partial charge in [0, 0.05) is 10.8 Å². The summed E-state index contributed by atoms with van der Waals surface area (Å²) in [5.41, 5.74) is 6.86. The van der Waals surface area contributed by atoms with Crippen molar-refractivity contribution in [2.45, 2.75) is 25.7 Å². The SMILES string of the molecule is CC(C)(CCN)c1csc(-c2ccc(Br)s2)n1. The lowest BCUT2D eigenvalue weighted by Crippen LogP contribution is -2.22. The fraction of sp³-hybridized carbons (Fsp3) is 0.417. The molecule has 0 saturated carbocycles. The van der Waals surface area contributed by atoms with Gasteiger partial charge >= 0.3 is 0 Å². The molecule has 92 valence electrons. The maximum atomic E-state index is 5.64. The van der Waals surface area contributed by atoms with Crippen LogP contribution in [0.3, 0.4) is 0 Å². The lowest BCUT2D eigenvalue weighted by atomic mass is 9.86. The van der Waals surface area contributed by atoms with E-state index in [1.807, 2.05) is 0 Å². The van der Waals surface area contributed by atoms with Gasteiger partial charge in [-0.15, -0.1) is 22.7 Å². The van der Waals surface area contributed by atoms with E-state index in [0.717, 1.165) is 20.9 Å². The molecule has 2 aromatic heterocycles. The van der Waals surface area contributed by atoms with Crippen molar-refractivity contribution in [3.63, 3.8) is 0 Å². The van der Waals surface area contributed by atoms with Gasteiger partial charge in [0.1, 0.15) is 5.01 Å². The van der Waals surface area contributed by atoms with Crippen LogP contribution in [0.1, 0.15) is 26.0 Å². The molecule has 0 aliphatic rings. The quantitative estimate of drug-likeness (QED) is 0.909. The molecule has 0 saturated heterocycles. The van der Waals surface area contributed by atoms with E-state index in [1.165, 1.54) is 4.88 Å². The predicted molar refractivity (Wildman–Crippen MR) is 79.8 cm³/mol. The van der Waals surface area contributed by atoms with Crippen LogP contribution in [0.4, 0.5) is 0 Å². The van der Waals surface area contributed by atoms with E-state index in [4.69, 9.17) is 10.7 Å². The molecule has 0 spiro atoms. The highest BCUT2D eigenvalue weighted by Crippen LogP contribution is 2.36. The third-order valence-corrected chi connectivity index (χ3v) is 5.39. The zero-order valence-corrected chi connectivity index (χ0v) is 13.1. The van der Waals surface area contributed by atoms with Crippen LogP contribution in [0.2, 0.25) is 0 Å². The van der Waals surface area contributed by atoms with Crippen molar-refractivity contribution in [2.75, 3.05) is 6.54 Å². The first-order valence-corrected chi connectivity index (χ1v) is 7.93. The van der Waals surface area contributed by atoms with Crippen molar-refractivity contribution in [2.24, 2.45) is 5.73 Å². The first-order valence-electron chi connectivity index (χ1n) is 5.45. The molecule has 0 aromatic carbocycles. The zero-order chi connectivity index (χ0) is 12.5. The van der Waals surface area contributed by atoms with Gasteiger partial charge in [0.05, 0.1) is 14.4 Å². The van der Waals surface area contributed by atoms with Crippen molar-refractivity contribution in [3.8, 4) is 9.88 Å². The Hall–Kier alpha value is -0.230. The highest BCUT2D eigenvalue weighted by Gasteiger charge is 2.23. The normalized spacial score (nSPS) is 12.0. The summed E-state index contributed by atoms with van der Waals surface area (Å²) in [6, 6.07) is 4.17. The lowest BCUT2D eigenvalue weighted by Gasteiger charge is -2.21. The molecule has 2 rings (SSSR count). The molecule has 2 aromatic rings. The second-order valence-electron chi connectivity index (χ2n) is 4.56. The van der Waals surface area contributed by atoms with E-state index in [9.17, 15) is 0 Å². The molecule has 0 aliphatic heterocycles. The van der Waals surface area contributed by atoms with Gasteiger partial charge in [-0.25, -0.2) is 4.98 Å². The summed E-state index contributed by atoms with van der Waals surface area (Å²) in [5.74, 6) is 0. The summed E-state index contributed by atoms with van der Waals surface area (Å²) >= 11 is 6.90. The largest absolute Gasteiger partial charge is 0.330 e. The summed E-state index contributed by atoms with van der Waals surface area (Å²) in [6.45, 7) is 5.09. The van der Waals surface area contributed by atoms with E-state index >= 15 is 0 Å². The number of nitrogens with zero attached hydrogens (tertiary/aromatic N) is 1. The third kappa shape index (κ3) is 2.96. The summed E-state index contributed by atoms with van der Waals surface area (Å²) in [5, 5.41) is 3.25.